The van der Waals surface area contributed by atoms with Crippen molar-refractivity contribution < 1.29 is 0 Å². The van der Waals surface area contributed by atoms with Crippen molar-refractivity contribution in [1.29, 1.82) is 0 Å². The molecule has 1 aromatic rings. The van der Waals surface area contributed by atoms with Gasteiger partial charge in [-0.05, 0) is 45.7 Å². The van der Waals surface area contributed by atoms with Crippen molar-refractivity contribution in [3.63, 3.8) is 0 Å². The molecule has 1 aliphatic rings. The lowest BCUT2D eigenvalue weighted by Crippen LogP contribution is -2.45. The van der Waals surface area contributed by atoms with Gasteiger partial charge in [-0.2, -0.15) is 5.10 Å². The Morgan fingerprint density at radius 2 is 2.30 bits per heavy atom. The number of hydrogen-bond acceptors (Lipinski definition) is 3. The van der Waals surface area contributed by atoms with Gasteiger partial charge in [-0.3, -0.25) is 9.58 Å². The Kier molecular flexibility index (Phi) is 6.05. The normalized spacial score (nSPS) is 19.9. The van der Waals surface area contributed by atoms with E-state index in [1.165, 1.54) is 31.5 Å². The molecule has 114 valence electrons. The molecule has 0 saturated carbocycles. The summed E-state index contributed by atoms with van der Waals surface area (Å²) in [5, 5.41) is 8.10. The van der Waals surface area contributed by atoms with Crippen molar-refractivity contribution in [1.82, 2.24) is 20.0 Å². The van der Waals surface area contributed by atoms with Gasteiger partial charge in [0.25, 0.3) is 0 Å². The number of nitrogens with one attached hydrogen (secondary N) is 1. The van der Waals surface area contributed by atoms with E-state index < -0.39 is 0 Å². The minimum atomic E-state index is 0.573. The Morgan fingerprint density at radius 3 is 2.95 bits per heavy atom. The molecule has 0 radical (unpaired) electrons. The molecule has 0 bridgehead atoms. The molecule has 4 heteroatoms. The molecule has 2 heterocycles. The standard InChI is InChI=1S/C16H30N4/c1-4-11-20-16(8-10-18-20)13-19(14(2)3)12-15-7-5-6-9-17-15/h8,10,14-15,17H,4-7,9,11-13H2,1-3H3. The van der Waals surface area contributed by atoms with Crippen molar-refractivity contribution in [2.75, 3.05) is 13.1 Å². The Labute approximate surface area is 123 Å². The van der Waals surface area contributed by atoms with Gasteiger partial charge in [0.1, 0.15) is 0 Å². The van der Waals surface area contributed by atoms with E-state index in [9.17, 15) is 0 Å². The SMILES string of the molecule is CCCn1nccc1CN(CC1CCCCN1)C(C)C. The zero-order valence-corrected chi connectivity index (χ0v) is 13.3. The monoisotopic (exact) mass is 278 g/mol. The third kappa shape index (κ3) is 4.32. The topological polar surface area (TPSA) is 33.1 Å². The van der Waals surface area contributed by atoms with Crippen LogP contribution in [0.4, 0.5) is 0 Å². The van der Waals surface area contributed by atoms with Crippen molar-refractivity contribution in [3.05, 3.63) is 18.0 Å². The molecule has 2 rings (SSSR count). The van der Waals surface area contributed by atoms with E-state index in [4.69, 9.17) is 0 Å². The highest BCUT2D eigenvalue weighted by atomic mass is 15.3. The molecule has 4 nitrogen and oxygen atoms in total. The number of aryl methyl sites for hydroxylation is 1. The number of rotatable bonds is 7. The van der Waals surface area contributed by atoms with Gasteiger partial charge < -0.3 is 5.32 Å². The van der Waals surface area contributed by atoms with Crippen molar-refractivity contribution in [2.45, 2.75) is 71.6 Å². The van der Waals surface area contributed by atoms with Gasteiger partial charge in [-0.1, -0.05) is 13.3 Å². The maximum atomic E-state index is 4.44. The first kappa shape index (κ1) is 15.5. The second-order valence-corrected chi connectivity index (χ2v) is 6.22. The van der Waals surface area contributed by atoms with Crippen LogP contribution in [0.3, 0.4) is 0 Å². The summed E-state index contributed by atoms with van der Waals surface area (Å²) in [6.07, 6.45) is 7.10. The molecule has 1 saturated heterocycles. The fraction of sp³-hybridized carbons (Fsp3) is 0.812. The van der Waals surface area contributed by atoms with Gasteiger partial charge in [-0.25, -0.2) is 0 Å². The smallest absolute Gasteiger partial charge is 0.0524 e. The predicted molar refractivity (Wildman–Crippen MR) is 83.7 cm³/mol. The van der Waals surface area contributed by atoms with Crippen molar-refractivity contribution in [2.24, 2.45) is 0 Å². The molecule has 1 aliphatic heterocycles. The summed E-state index contributed by atoms with van der Waals surface area (Å²) in [5.41, 5.74) is 1.34. The summed E-state index contributed by atoms with van der Waals surface area (Å²) >= 11 is 0. The summed E-state index contributed by atoms with van der Waals surface area (Å²) in [7, 11) is 0. The lowest BCUT2D eigenvalue weighted by Gasteiger charge is -2.33. The zero-order valence-electron chi connectivity index (χ0n) is 13.3. The molecule has 0 aliphatic carbocycles. The summed E-state index contributed by atoms with van der Waals surface area (Å²) in [5.74, 6) is 0. The quantitative estimate of drug-likeness (QED) is 0.832. The number of hydrogen-bond donors (Lipinski definition) is 1. The van der Waals surface area contributed by atoms with Crippen LogP contribution in [0.1, 0.15) is 52.1 Å². The van der Waals surface area contributed by atoms with Crippen molar-refractivity contribution in [3.8, 4) is 0 Å². The summed E-state index contributed by atoms with van der Waals surface area (Å²) in [6.45, 7) is 11.2. The third-order valence-electron chi connectivity index (χ3n) is 4.20. The van der Waals surface area contributed by atoms with E-state index in [1.54, 1.807) is 0 Å². The first-order valence-corrected chi connectivity index (χ1v) is 8.18. The zero-order chi connectivity index (χ0) is 14.4. The molecular formula is C16H30N4. The minimum absolute atomic E-state index is 0.573. The average Bonchev–Trinajstić information content (AvgIpc) is 2.87. The van der Waals surface area contributed by atoms with Gasteiger partial charge in [0, 0.05) is 37.9 Å². The van der Waals surface area contributed by atoms with Crippen LogP contribution in [0.5, 0.6) is 0 Å². The van der Waals surface area contributed by atoms with Crippen LogP contribution in [-0.4, -0.2) is 39.9 Å². The Bertz CT molecular complexity index is 380. The predicted octanol–water partition coefficient (Wildman–Crippen LogP) is 2.65. The molecule has 1 N–H and O–H groups in total. The molecule has 0 amide bonds. The van der Waals surface area contributed by atoms with Gasteiger partial charge in [-0.15, -0.1) is 0 Å². The summed E-state index contributed by atoms with van der Waals surface area (Å²) < 4.78 is 2.16. The first-order valence-electron chi connectivity index (χ1n) is 8.18. The Balaban J connectivity index is 1.95. The largest absolute Gasteiger partial charge is 0.313 e. The number of piperidine rings is 1. The summed E-state index contributed by atoms with van der Waals surface area (Å²) in [4.78, 5) is 2.58. The molecule has 20 heavy (non-hydrogen) atoms. The minimum Gasteiger partial charge on any atom is -0.313 e. The van der Waals surface area contributed by atoms with E-state index in [1.807, 2.05) is 6.20 Å². The van der Waals surface area contributed by atoms with Crippen LogP contribution in [0, 0.1) is 0 Å². The van der Waals surface area contributed by atoms with Crippen LogP contribution < -0.4 is 5.32 Å². The highest BCUT2D eigenvalue weighted by Crippen LogP contribution is 2.13. The van der Waals surface area contributed by atoms with Crippen LogP contribution in [0.25, 0.3) is 0 Å². The van der Waals surface area contributed by atoms with E-state index in [0.29, 0.717) is 12.1 Å². The summed E-state index contributed by atoms with van der Waals surface area (Å²) in [6, 6.07) is 3.40. The van der Waals surface area contributed by atoms with E-state index in [-0.39, 0.29) is 0 Å². The molecule has 0 aromatic carbocycles. The molecule has 1 unspecified atom stereocenters. The van der Waals surface area contributed by atoms with Crippen LogP contribution in [0.2, 0.25) is 0 Å². The average molecular weight is 278 g/mol. The Hall–Kier alpha value is -0.870. The lowest BCUT2D eigenvalue weighted by atomic mass is 10.0. The first-order chi connectivity index (χ1) is 9.70. The van der Waals surface area contributed by atoms with Gasteiger partial charge in [0.05, 0.1) is 5.69 Å². The maximum absolute atomic E-state index is 4.44. The highest BCUT2D eigenvalue weighted by molar-refractivity contribution is 5.01. The maximum Gasteiger partial charge on any atom is 0.0524 e. The lowest BCUT2D eigenvalue weighted by molar-refractivity contribution is 0.172. The van der Waals surface area contributed by atoms with Crippen LogP contribution in [0.15, 0.2) is 12.3 Å². The fourth-order valence-electron chi connectivity index (χ4n) is 2.94. The molecular weight excluding hydrogens is 248 g/mol. The fourth-order valence-corrected chi connectivity index (χ4v) is 2.94. The second-order valence-electron chi connectivity index (χ2n) is 6.22. The van der Waals surface area contributed by atoms with Gasteiger partial charge in [0.15, 0.2) is 0 Å². The molecule has 1 atom stereocenters. The van der Waals surface area contributed by atoms with E-state index in [0.717, 1.165) is 26.1 Å². The second kappa shape index (κ2) is 7.79. The number of nitrogens with zero attached hydrogens (tertiary/aromatic N) is 3. The van der Waals surface area contributed by atoms with E-state index in [2.05, 4.69) is 46.8 Å². The Morgan fingerprint density at radius 1 is 1.45 bits per heavy atom. The van der Waals surface area contributed by atoms with Gasteiger partial charge in [0.2, 0.25) is 0 Å². The van der Waals surface area contributed by atoms with Gasteiger partial charge >= 0.3 is 0 Å². The molecule has 1 aromatic heterocycles. The van der Waals surface area contributed by atoms with Crippen molar-refractivity contribution >= 4 is 0 Å². The number of aromatic nitrogens is 2. The molecule has 0 spiro atoms. The van der Waals surface area contributed by atoms with E-state index >= 15 is 0 Å². The third-order valence-corrected chi connectivity index (χ3v) is 4.20. The van der Waals surface area contributed by atoms with Crippen LogP contribution in [-0.2, 0) is 13.1 Å². The molecule has 1 fully saturated rings. The van der Waals surface area contributed by atoms with Crippen LogP contribution >= 0.6 is 0 Å². The highest BCUT2D eigenvalue weighted by Gasteiger charge is 2.19.